The lowest BCUT2D eigenvalue weighted by molar-refractivity contribution is -0.121. The second kappa shape index (κ2) is 7.71. The Kier molecular flexibility index (Phi) is 6.60. The molecule has 5 nitrogen and oxygen atoms in total. The highest BCUT2D eigenvalue weighted by Crippen LogP contribution is 2.28. The Hall–Kier alpha value is -0.650. The zero-order valence-electron chi connectivity index (χ0n) is 11.8. The predicted molar refractivity (Wildman–Crippen MR) is 70.6 cm³/mol. The van der Waals surface area contributed by atoms with E-state index in [0.717, 1.165) is 19.4 Å². The number of hydrogen-bond acceptors (Lipinski definition) is 4. The zero-order valence-corrected chi connectivity index (χ0v) is 11.8. The molecule has 1 heterocycles. The highest BCUT2D eigenvalue weighted by Gasteiger charge is 2.30. The van der Waals surface area contributed by atoms with Crippen LogP contribution in [0.4, 0.5) is 0 Å². The molecule has 1 unspecified atom stereocenters. The van der Waals surface area contributed by atoms with Gasteiger partial charge >= 0.3 is 0 Å². The summed E-state index contributed by atoms with van der Waals surface area (Å²) in [6, 6.07) is 0. The molecule has 1 aliphatic rings. The summed E-state index contributed by atoms with van der Waals surface area (Å²) in [5.41, 5.74) is 0.0177. The van der Waals surface area contributed by atoms with E-state index in [9.17, 15) is 4.79 Å². The SMILES string of the molecule is COCCNC(=O)CCNCC1CCC(C)(C)O1. The smallest absolute Gasteiger partial charge is 0.221 e. The summed E-state index contributed by atoms with van der Waals surface area (Å²) in [5, 5.41) is 6.06. The van der Waals surface area contributed by atoms with Gasteiger partial charge in [-0.15, -0.1) is 0 Å². The van der Waals surface area contributed by atoms with Gasteiger partial charge < -0.3 is 20.1 Å². The maximum absolute atomic E-state index is 11.4. The van der Waals surface area contributed by atoms with Gasteiger partial charge in [-0.25, -0.2) is 0 Å². The third kappa shape index (κ3) is 6.33. The molecule has 0 aromatic rings. The molecule has 2 N–H and O–H groups in total. The van der Waals surface area contributed by atoms with E-state index in [0.29, 0.717) is 26.1 Å². The standard InChI is InChI=1S/C13H26N2O3/c1-13(2)6-4-11(18-13)10-14-7-5-12(16)15-8-9-17-3/h11,14H,4-10H2,1-3H3,(H,15,16). The number of hydrogen-bond donors (Lipinski definition) is 2. The van der Waals surface area contributed by atoms with Crippen LogP contribution >= 0.6 is 0 Å². The van der Waals surface area contributed by atoms with E-state index < -0.39 is 0 Å². The Balaban J connectivity index is 1.97. The Morgan fingerprint density at radius 3 is 2.83 bits per heavy atom. The number of ether oxygens (including phenoxy) is 2. The lowest BCUT2D eigenvalue weighted by Gasteiger charge is -2.19. The van der Waals surface area contributed by atoms with Crippen LogP contribution in [0.2, 0.25) is 0 Å². The molecule has 1 atom stereocenters. The summed E-state index contributed by atoms with van der Waals surface area (Å²) >= 11 is 0. The Morgan fingerprint density at radius 2 is 2.22 bits per heavy atom. The molecule has 18 heavy (non-hydrogen) atoms. The molecule has 0 bridgehead atoms. The molecule has 0 saturated carbocycles. The molecule has 1 saturated heterocycles. The number of carbonyl (C=O) groups is 1. The average molecular weight is 258 g/mol. The van der Waals surface area contributed by atoms with Gasteiger partial charge in [-0.3, -0.25) is 4.79 Å². The highest BCUT2D eigenvalue weighted by atomic mass is 16.5. The van der Waals surface area contributed by atoms with Crippen LogP contribution in [0.1, 0.15) is 33.1 Å². The van der Waals surface area contributed by atoms with Crippen molar-refractivity contribution in [1.82, 2.24) is 10.6 Å². The summed E-state index contributed by atoms with van der Waals surface area (Å²) in [4.78, 5) is 11.4. The van der Waals surface area contributed by atoms with Gasteiger partial charge in [0.05, 0.1) is 18.3 Å². The van der Waals surface area contributed by atoms with Crippen LogP contribution in [0.15, 0.2) is 0 Å². The van der Waals surface area contributed by atoms with Gasteiger partial charge in [0.25, 0.3) is 0 Å². The Bertz CT molecular complexity index is 257. The first-order chi connectivity index (χ1) is 8.53. The number of nitrogens with one attached hydrogen (secondary N) is 2. The summed E-state index contributed by atoms with van der Waals surface area (Å²) in [6.45, 7) is 6.90. The fraction of sp³-hybridized carbons (Fsp3) is 0.923. The lowest BCUT2D eigenvalue weighted by Crippen LogP contribution is -2.33. The van der Waals surface area contributed by atoms with E-state index >= 15 is 0 Å². The second-order valence-corrected chi connectivity index (χ2v) is 5.34. The van der Waals surface area contributed by atoms with Crippen molar-refractivity contribution in [3.8, 4) is 0 Å². The second-order valence-electron chi connectivity index (χ2n) is 5.34. The normalized spacial score (nSPS) is 22.1. The van der Waals surface area contributed by atoms with E-state index in [1.54, 1.807) is 7.11 Å². The van der Waals surface area contributed by atoms with Crippen molar-refractivity contribution < 1.29 is 14.3 Å². The fourth-order valence-electron chi connectivity index (χ4n) is 2.07. The van der Waals surface area contributed by atoms with Crippen LogP contribution in [0.25, 0.3) is 0 Å². The van der Waals surface area contributed by atoms with Crippen LogP contribution in [0.5, 0.6) is 0 Å². The maximum atomic E-state index is 11.4. The van der Waals surface area contributed by atoms with E-state index in [2.05, 4.69) is 24.5 Å². The topological polar surface area (TPSA) is 59.6 Å². The van der Waals surface area contributed by atoms with Crippen molar-refractivity contribution in [3.05, 3.63) is 0 Å². The van der Waals surface area contributed by atoms with Gasteiger partial charge in [-0.2, -0.15) is 0 Å². The quantitative estimate of drug-likeness (QED) is 0.629. The first kappa shape index (κ1) is 15.4. The third-order valence-corrected chi connectivity index (χ3v) is 3.08. The largest absolute Gasteiger partial charge is 0.383 e. The van der Waals surface area contributed by atoms with Crippen LogP contribution in [0.3, 0.4) is 0 Å². The zero-order chi connectivity index (χ0) is 13.4. The van der Waals surface area contributed by atoms with Crippen LogP contribution in [-0.4, -0.2) is 51.0 Å². The molecule has 0 aromatic carbocycles. The summed E-state index contributed by atoms with van der Waals surface area (Å²) in [7, 11) is 1.62. The molecule has 1 fully saturated rings. The number of rotatable bonds is 8. The number of carbonyl (C=O) groups excluding carboxylic acids is 1. The molecule has 0 radical (unpaired) electrons. The van der Waals surface area contributed by atoms with E-state index in [1.165, 1.54) is 0 Å². The summed E-state index contributed by atoms with van der Waals surface area (Å²) in [5.74, 6) is 0.0622. The van der Waals surface area contributed by atoms with Gasteiger partial charge in [0, 0.05) is 33.2 Å². The number of methoxy groups -OCH3 is 1. The minimum Gasteiger partial charge on any atom is -0.383 e. The van der Waals surface area contributed by atoms with E-state index in [4.69, 9.17) is 9.47 Å². The highest BCUT2D eigenvalue weighted by molar-refractivity contribution is 5.75. The van der Waals surface area contributed by atoms with Crippen molar-refractivity contribution in [1.29, 1.82) is 0 Å². The van der Waals surface area contributed by atoms with Gasteiger partial charge in [0.15, 0.2) is 0 Å². The monoisotopic (exact) mass is 258 g/mol. The maximum Gasteiger partial charge on any atom is 0.221 e. The van der Waals surface area contributed by atoms with Crippen molar-refractivity contribution in [2.45, 2.75) is 44.8 Å². The minimum absolute atomic E-state index is 0.0177. The van der Waals surface area contributed by atoms with Crippen molar-refractivity contribution in [2.24, 2.45) is 0 Å². The molecular formula is C13H26N2O3. The lowest BCUT2D eigenvalue weighted by atomic mass is 10.1. The molecule has 5 heteroatoms. The Morgan fingerprint density at radius 1 is 1.44 bits per heavy atom. The summed E-state index contributed by atoms with van der Waals surface area (Å²) in [6.07, 6.45) is 2.99. The average Bonchev–Trinajstić information content (AvgIpc) is 2.65. The summed E-state index contributed by atoms with van der Waals surface area (Å²) < 4.78 is 10.7. The van der Waals surface area contributed by atoms with Crippen LogP contribution in [-0.2, 0) is 14.3 Å². The molecule has 1 rings (SSSR count). The minimum atomic E-state index is 0.0177. The molecule has 0 aliphatic carbocycles. The van der Waals surface area contributed by atoms with Crippen molar-refractivity contribution in [2.75, 3.05) is 33.4 Å². The van der Waals surface area contributed by atoms with Gasteiger partial charge in [-0.05, 0) is 26.7 Å². The fourth-order valence-corrected chi connectivity index (χ4v) is 2.07. The van der Waals surface area contributed by atoms with Gasteiger partial charge in [0.1, 0.15) is 0 Å². The number of amides is 1. The predicted octanol–water partition coefficient (Wildman–Crippen LogP) is 0.686. The molecule has 1 amide bonds. The van der Waals surface area contributed by atoms with Crippen LogP contribution in [0, 0.1) is 0 Å². The van der Waals surface area contributed by atoms with Crippen LogP contribution < -0.4 is 10.6 Å². The Labute approximate surface area is 110 Å². The van der Waals surface area contributed by atoms with Gasteiger partial charge in [-0.1, -0.05) is 0 Å². The first-order valence-corrected chi connectivity index (χ1v) is 6.68. The molecule has 1 aliphatic heterocycles. The third-order valence-electron chi connectivity index (χ3n) is 3.08. The molecular weight excluding hydrogens is 232 g/mol. The molecule has 0 spiro atoms. The van der Waals surface area contributed by atoms with Crippen molar-refractivity contribution in [3.63, 3.8) is 0 Å². The van der Waals surface area contributed by atoms with Crippen molar-refractivity contribution >= 4 is 5.91 Å². The van der Waals surface area contributed by atoms with Gasteiger partial charge in [0.2, 0.25) is 5.91 Å². The molecule has 0 aromatic heterocycles. The molecule has 106 valence electrons. The van der Waals surface area contributed by atoms with E-state index in [1.807, 2.05) is 0 Å². The first-order valence-electron chi connectivity index (χ1n) is 6.68. The van der Waals surface area contributed by atoms with E-state index in [-0.39, 0.29) is 17.6 Å².